The second-order valence-corrected chi connectivity index (χ2v) is 19.2. The average Bonchev–Trinajstić information content (AvgIpc) is 3.37. The second-order valence-electron chi connectivity index (χ2n) is 19.2. The lowest BCUT2D eigenvalue weighted by atomic mass is 10.0. The van der Waals surface area contributed by atoms with Crippen LogP contribution in [0.3, 0.4) is 0 Å². The van der Waals surface area contributed by atoms with E-state index >= 15 is 0 Å². The molecule has 0 bridgehead atoms. The van der Waals surface area contributed by atoms with Crippen LogP contribution in [0, 0.1) is 0 Å². The van der Waals surface area contributed by atoms with E-state index in [0.717, 1.165) is 28.1 Å². The number of carbonyl (C=O) groups is 6. The Morgan fingerprint density at radius 3 is 1.33 bits per heavy atom. The molecule has 5 aromatic carbocycles. The van der Waals surface area contributed by atoms with Crippen LogP contribution in [0.4, 0.5) is 11.4 Å². The lowest BCUT2D eigenvalue weighted by Crippen LogP contribution is -2.46. The van der Waals surface area contributed by atoms with Gasteiger partial charge in [-0.15, -0.1) is 0 Å². The molecule has 0 amide bonds. The number of nitrogens with zero attached hydrogens (tertiary/aromatic N) is 2. The number of ether oxygens (including phenoxy) is 8. The van der Waals surface area contributed by atoms with Gasteiger partial charge in [0.1, 0.15) is 28.5 Å². The number of fused-ring (bicyclic) bond motifs is 3. The highest BCUT2D eigenvalue weighted by molar-refractivity contribution is 5.92. The number of carbonyl (C=O) groups excluding carboxylic acids is 5. The number of carboxylic acid groups (broad SMARTS) is 1. The lowest BCUT2D eigenvalue weighted by Gasteiger charge is -2.36. The van der Waals surface area contributed by atoms with Gasteiger partial charge < -0.3 is 52.8 Å². The van der Waals surface area contributed by atoms with Gasteiger partial charge in [-0.1, -0.05) is 66.7 Å². The number of hydrogen-bond donors (Lipinski definition) is 1. The Morgan fingerprint density at radius 2 is 0.904 bits per heavy atom. The summed E-state index contributed by atoms with van der Waals surface area (Å²) in [5, 5.41) is 9.33. The lowest BCUT2D eigenvalue weighted by molar-refractivity contribution is -0.164. The van der Waals surface area contributed by atoms with E-state index in [2.05, 4.69) is 9.64 Å². The number of carboxylic acids is 1. The summed E-state index contributed by atoms with van der Waals surface area (Å²) in [4.78, 5) is 75.2. The molecular formula is C56H62N2O15. The molecule has 0 radical (unpaired) electrons. The highest BCUT2D eigenvalue weighted by atomic mass is 16.6. The molecule has 17 nitrogen and oxygen atoms in total. The molecule has 3 unspecified atom stereocenters. The SMILES string of the molecule is COC(=O)c1ccc2c(c1)OC(C(=O)O)CN2Cc1ccccc1.COC(=O)c1ccc2c(c1)OC(C(=O)OC(C)(C)C)CC2.COC(=O)c1ccc2c(c1)OC(C(=O)OC(C)(C)C)CN2Cc1ccccc1. The number of anilines is 2. The molecule has 0 saturated carbocycles. The molecule has 3 aliphatic rings. The third kappa shape index (κ3) is 15.0. The summed E-state index contributed by atoms with van der Waals surface area (Å²) in [5.74, 6) is -1.86. The summed E-state index contributed by atoms with van der Waals surface area (Å²) >= 11 is 0. The number of aryl methyl sites for hydroxylation is 1. The van der Waals surface area contributed by atoms with Gasteiger partial charge in [0.15, 0.2) is 6.10 Å². The Kier molecular flexibility index (Phi) is 17.8. The molecule has 0 aliphatic carbocycles. The van der Waals surface area contributed by atoms with Crippen molar-refractivity contribution in [1.82, 2.24) is 0 Å². The van der Waals surface area contributed by atoms with Gasteiger partial charge in [0.2, 0.25) is 12.2 Å². The zero-order valence-electron chi connectivity index (χ0n) is 42.5. The van der Waals surface area contributed by atoms with Crippen LogP contribution in [0.15, 0.2) is 115 Å². The highest BCUT2D eigenvalue weighted by Gasteiger charge is 2.36. The van der Waals surface area contributed by atoms with Crippen molar-refractivity contribution >= 4 is 47.2 Å². The van der Waals surface area contributed by atoms with E-state index in [1.807, 2.05) is 119 Å². The third-order valence-electron chi connectivity index (χ3n) is 11.2. The first kappa shape index (κ1) is 54.3. The zero-order valence-corrected chi connectivity index (χ0v) is 42.5. The van der Waals surface area contributed by atoms with Crippen LogP contribution < -0.4 is 24.0 Å². The monoisotopic (exact) mass is 1000 g/mol. The maximum absolute atomic E-state index is 12.6. The Labute approximate surface area is 424 Å². The van der Waals surface area contributed by atoms with Crippen molar-refractivity contribution in [3.8, 4) is 17.2 Å². The standard InChI is InChI=1S/C22H25NO5.C18H17NO5.C16H20O5/c1-22(2,3)28-21(25)19-14-23(13-15-8-6-5-7-9-15)17-11-10-16(20(24)26-4)12-18(17)27-19;1-23-18(22)13-7-8-14-15(9-13)24-16(17(20)21)11-19(14)10-12-5-3-2-4-6-12;1-16(2,3)21-15(18)12-8-7-10-5-6-11(14(17)19-4)9-13(10)20-12/h5-12,19H,13-14H2,1-4H3;2-9,16H,10-11H2,1H3,(H,20,21);5-6,9,12H,7-8H2,1-4H3. The van der Waals surface area contributed by atoms with E-state index in [1.54, 1.807) is 36.4 Å². The van der Waals surface area contributed by atoms with Gasteiger partial charge in [-0.3, -0.25) is 0 Å². The van der Waals surface area contributed by atoms with Crippen molar-refractivity contribution in [3.63, 3.8) is 0 Å². The minimum atomic E-state index is -1.04. The summed E-state index contributed by atoms with van der Waals surface area (Å²) in [6, 6.07) is 34.9. The number of methoxy groups -OCH3 is 3. The van der Waals surface area contributed by atoms with Crippen LogP contribution in [-0.2, 0) is 57.6 Å². The van der Waals surface area contributed by atoms with Gasteiger partial charge in [0, 0.05) is 13.1 Å². The Bertz CT molecular complexity index is 2770. The first-order valence-corrected chi connectivity index (χ1v) is 23.6. The largest absolute Gasteiger partial charge is 0.478 e. The van der Waals surface area contributed by atoms with E-state index in [9.17, 15) is 33.9 Å². The first-order chi connectivity index (χ1) is 34.6. The summed E-state index contributed by atoms with van der Waals surface area (Å²) in [6.07, 6.45) is -1.14. The summed E-state index contributed by atoms with van der Waals surface area (Å²) in [5.41, 5.74) is 4.64. The number of benzene rings is 5. The van der Waals surface area contributed by atoms with Crippen molar-refractivity contribution in [3.05, 3.63) is 149 Å². The molecule has 5 aromatic rings. The molecule has 0 aromatic heterocycles. The Balaban J connectivity index is 0.000000181. The molecule has 3 heterocycles. The molecule has 3 atom stereocenters. The third-order valence-corrected chi connectivity index (χ3v) is 11.2. The molecular weight excluding hydrogens is 941 g/mol. The van der Waals surface area contributed by atoms with Crippen molar-refractivity contribution in [2.45, 2.75) is 97.0 Å². The minimum Gasteiger partial charge on any atom is -0.478 e. The molecule has 0 fully saturated rings. The van der Waals surface area contributed by atoms with Crippen molar-refractivity contribution < 1.29 is 71.8 Å². The summed E-state index contributed by atoms with van der Waals surface area (Å²) in [7, 11) is 3.95. The maximum Gasteiger partial charge on any atom is 0.349 e. The van der Waals surface area contributed by atoms with Crippen LogP contribution in [-0.4, -0.2) is 105 Å². The van der Waals surface area contributed by atoms with Crippen molar-refractivity contribution in [2.75, 3.05) is 44.2 Å². The fourth-order valence-corrected chi connectivity index (χ4v) is 7.88. The van der Waals surface area contributed by atoms with Crippen LogP contribution in [0.2, 0.25) is 0 Å². The Morgan fingerprint density at radius 1 is 0.521 bits per heavy atom. The average molecular weight is 1000 g/mol. The minimum absolute atomic E-state index is 0.231. The Hall–Kier alpha value is -8.08. The van der Waals surface area contributed by atoms with Gasteiger partial charge in [-0.05, 0) is 120 Å². The van der Waals surface area contributed by atoms with Gasteiger partial charge in [0.25, 0.3) is 0 Å². The van der Waals surface area contributed by atoms with Gasteiger partial charge in [-0.2, -0.15) is 0 Å². The number of aliphatic carboxylic acids is 1. The van der Waals surface area contributed by atoms with E-state index in [1.165, 1.54) is 27.4 Å². The first-order valence-electron chi connectivity index (χ1n) is 23.6. The van der Waals surface area contributed by atoms with E-state index in [0.29, 0.717) is 66.4 Å². The van der Waals surface area contributed by atoms with Crippen molar-refractivity contribution in [1.29, 1.82) is 0 Å². The normalized spacial score (nSPS) is 16.4. The van der Waals surface area contributed by atoms with Gasteiger partial charge in [0.05, 0.1) is 62.5 Å². The van der Waals surface area contributed by atoms with Crippen LogP contribution >= 0.6 is 0 Å². The predicted octanol–water partition coefficient (Wildman–Crippen LogP) is 8.42. The predicted molar refractivity (Wildman–Crippen MR) is 269 cm³/mol. The topological polar surface area (TPSA) is 203 Å². The maximum atomic E-state index is 12.6. The fourth-order valence-electron chi connectivity index (χ4n) is 7.88. The molecule has 17 heteroatoms. The zero-order chi connectivity index (χ0) is 53.0. The molecule has 3 aliphatic heterocycles. The van der Waals surface area contributed by atoms with Crippen LogP contribution in [0.5, 0.6) is 17.2 Å². The van der Waals surface area contributed by atoms with Crippen molar-refractivity contribution in [2.24, 2.45) is 0 Å². The second kappa shape index (κ2) is 23.9. The van der Waals surface area contributed by atoms with Crippen LogP contribution in [0.25, 0.3) is 0 Å². The van der Waals surface area contributed by atoms with Crippen LogP contribution in [0.1, 0.15) is 95.7 Å². The summed E-state index contributed by atoms with van der Waals surface area (Å²) in [6.45, 7) is 12.7. The number of esters is 5. The molecule has 386 valence electrons. The molecule has 73 heavy (non-hydrogen) atoms. The smallest absolute Gasteiger partial charge is 0.349 e. The fraction of sp³-hybridized carbons (Fsp3) is 0.357. The van der Waals surface area contributed by atoms with E-state index in [-0.39, 0.29) is 12.5 Å². The molecule has 8 rings (SSSR count). The molecule has 0 spiro atoms. The van der Waals surface area contributed by atoms with Gasteiger partial charge in [-0.25, -0.2) is 28.8 Å². The quantitative estimate of drug-likeness (QED) is 0.103. The number of rotatable bonds is 10. The van der Waals surface area contributed by atoms with E-state index in [4.69, 9.17) is 33.2 Å². The highest BCUT2D eigenvalue weighted by Crippen LogP contribution is 2.38. The van der Waals surface area contributed by atoms with E-state index < -0.39 is 59.4 Å². The van der Waals surface area contributed by atoms with Gasteiger partial charge >= 0.3 is 35.8 Å². The molecule has 1 N–H and O–H groups in total. The number of hydrogen-bond acceptors (Lipinski definition) is 16. The summed E-state index contributed by atoms with van der Waals surface area (Å²) < 4.78 is 42.2. The molecule has 0 saturated heterocycles.